The fourth-order valence-corrected chi connectivity index (χ4v) is 1.91. The highest BCUT2D eigenvalue weighted by molar-refractivity contribution is 6.30. The summed E-state index contributed by atoms with van der Waals surface area (Å²) in [7, 11) is 0. The quantitative estimate of drug-likeness (QED) is 0.425. The minimum absolute atomic E-state index is 0.0149. The number of aromatic nitrogens is 2. The summed E-state index contributed by atoms with van der Waals surface area (Å²) < 4.78 is 1.14. The number of hydrogen-bond donors (Lipinski definition) is 3. The number of H-pyrrole nitrogens is 1. The maximum atomic E-state index is 11.6. The van der Waals surface area contributed by atoms with Gasteiger partial charge >= 0.3 is 5.69 Å². The molecule has 0 fully saturated rings. The lowest BCUT2D eigenvalue weighted by Crippen LogP contribution is -2.29. The number of aromatic amines is 1. The van der Waals surface area contributed by atoms with Gasteiger partial charge in [-0.25, -0.2) is 4.79 Å². The van der Waals surface area contributed by atoms with Gasteiger partial charge in [0, 0.05) is 12.3 Å². The minimum atomic E-state index is -0.688. The molecule has 10 heteroatoms. The van der Waals surface area contributed by atoms with Crippen LogP contribution in [-0.4, -0.2) is 14.5 Å². The summed E-state index contributed by atoms with van der Waals surface area (Å²) >= 11 is 5.64. The molecule has 0 saturated carbocycles. The molecule has 0 spiro atoms. The Hall–Kier alpha value is -2.65. The number of nitrogen functional groups attached to an aromatic ring is 1. The first-order chi connectivity index (χ1) is 9.92. The SMILES string of the molecule is NNc1ccc(Cn2cc(Cl)c(=O)[nH]c2=O)cc1[N+](=O)[O-]. The fourth-order valence-electron chi connectivity index (χ4n) is 1.75. The number of nitrogens with one attached hydrogen (secondary N) is 2. The summed E-state index contributed by atoms with van der Waals surface area (Å²) in [6.07, 6.45) is 1.17. The van der Waals surface area contributed by atoms with Crippen molar-refractivity contribution in [1.29, 1.82) is 0 Å². The van der Waals surface area contributed by atoms with Gasteiger partial charge in [0.1, 0.15) is 10.7 Å². The van der Waals surface area contributed by atoms with E-state index in [1.807, 2.05) is 4.98 Å². The number of nitro groups is 1. The number of hydrazine groups is 1. The highest BCUT2D eigenvalue weighted by Gasteiger charge is 2.14. The molecule has 1 aromatic heterocycles. The van der Waals surface area contributed by atoms with Crippen LogP contribution in [0.5, 0.6) is 0 Å². The highest BCUT2D eigenvalue weighted by Crippen LogP contribution is 2.24. The van der Waals surface area contributed by atoms with Crippen molar-refractivity contribution in [2.75, 3.05) is 5.43 Å². The number of nitrogens with zero attached hydrogens (tertiary/aromatic N) is 2. The summed E-state index contributed by atoms with van der Waals surface area (Å²) in [5.41, 5.74) is 1.27. The van der Waals surface area contributed by atoms with E-state index in [2.05, 4.69) is 5.43 Å². The van der Waals surface area contributed by atoms with E-state index in [0.29, 0.717) is 5.56 Å². The molecule has 110 valence electrons. The van der Waals surface area contributed by atoms with Crippen LogP contribution < -0.4 is 22.5 Å². The third-order valence-corrected chi connectivity index (χ3v) is 3.00. The Morgan fingerprint density at radius 2 is 2.14 bits per heavy atom. The second-order valence-corrected chi connectivity index (χ2v) is 4.52. The molecular formula is C11H10ClN5O4. The van der Waals surface area contributed by atoms with Crippen LogP contribution in [0.3, 0.4) is 0 Å². The molecule has 0 aliphatic carbocycles. The molecule has 1 heterocycles. The van der Waals surface area contributed by atoms with Crippen molar-refractivity contribution in [3.63, 3.8) is 0 Å². The van der Waals surface area contributed by atoms with E-state index in [0.717, 1.165) is 4.57 Å². The van der Waals surface area contributed by atoms with Crippen LogP contribution in [0.2, 0.25) is 5.02 Å². The molecule has 0 radical (unpaired) electrons. The first kappa shape index (κ1) is 14.8. The Bertz CT molecular complexity index is 813. The van der Waals surface area contributed by atoms with Gasteiger partial charge in [-0.05, 0) is 11.6 Å². The lowest BCUT2D eigenvalue weighted by atomic mass is 10.1. The van der Waals surface area contributed by atoms with E-state index in [1.165, 1.54) is 18.3 Å². The van der Waals surface area contributed by atoms with E-state index >= 15 is 0 Å². The van der Waals surface area contributed by atoms with Crippen LogP contribution >= 0.6 is 11.6 Å². The van der Waals surface area contributed by atoms with Crippen molar-refractivity contribution >= 4 is 23.0 Å². The maximum absolute atomic E-state index is 11.6. The van der Waals surface area contributed by atoms with Crippen LogP contribution in [0.1, 0.15) is 5.56 Å². The molecule has 4 N–H and O–H groups in total. The molecule has 21 heavy (non-hydrogen) atoms. The Kier molecular flexibility index (Phi) is 4.05. The number of benzene rings is 1. The second kappa shape index (κ2) is 5.77. The van der Waals surface area contributed by atoms with Crippen molar-refractivity contribution in [2.24, 2.45) is 5.84 Å². The Balaban J connectivity index is 2.43. The van der Waals surface area contributed by atoms with Gasteiger partial charge in [0.15, 0.2) is 0 Å². The van der Waals surface area contributed by atoms with Gasteiger partial charge < -0.3 is 5.43 Å². The van der Waals surface area contributed by atoms with E-state index in [1.54, 1.807) is 6.07 Å². The highest BCUT2D eigenvalue weighted by atomic mass is 35.5. The molecule has 0 unspecified atom stereocenters. The number of anilines is 1. The normalized spacial score (nSPS) is 10.4. The molecule has 0 bridgehead atoms. The van der Waals surface area contributed by atoms with E-state index < -0.39 is 16.2 Å². The monoisotopic (exact) mass is 311 g/mol. The third kappa shape index (κ3) is 3.09. The van der Waals surface area contributed by atoms with Gasteiger partial charge in [-0.1, -0.05) is 17.7 Å². The minimum Gasteiger partial charge on any atom is -0.318 e. The smallest absolute Gasteiger partial charge is 0.318 e. The van der Waals surface area contributed by atoms with E-state index in [4.69, 9.17) is 17.4 Å². The van der Waals surface area contributed by atoms with Crippen molar-refractivity contribution in [2.45, 2.75) is 6.54 Å². The summed E-state index contributed by atoms with van der Waals surface area (Å²) in [5.74, 6) is 5.18. The molecule has 1 aromatic carbocycles. The molecule has 0 atom stereocenters. The largest absolute Gasteiger partial charge is 0.328 e. The van der Waals surface area contributed by atoms with Crippen LogP contribution in [-0.2, 0) is 6.54 Å². The Labute approximate surface area is 122 Å². The molecule has 2 aromatic rings. The van der Waals surface area contributed by atoms with Gasteiger partial charge in [-0.15, -0.1) is 0 Å². The zero-order valence-electron chi connectivity index (χ0n) is 10.5. The first-order valence-corrected chi connectivity index (χ1v) is 6.03. The number of nitrogens with two attached hydrogens (primary N) is 1. The van der Waals surface area contributed by atoms with E-state index in [-0.39, 0.29) is 22.9 Å². The zero-order valence-corrected chi connectivity index (χ0v) is 11.3. The van der Waals surface area contributed by atoms with E-state index in [9.17, 15) is 19.7 Å². The standard InChI is InChI=1S/C11H10ClN5O4/c12-7-5-16(11(19)14-10(7)18)4-6-1-2-8(15-13)9(3-6)17(20)21/h1-3,5,15H,4,13H2,(H,14,18,19). The topological polar surface area (TPSA) is 136 Å². The predicted octanol–water partition coefficient (Wildman–Crippen LogP) is 0.432. The third-order valence-electron chi connectivity index (χ3n) is 2.73. The number of nitro benzene ring substituents is 1. The molecule has 0 aliphatic rings. The summed E-state index contributed by atoms with van der Waals surface area (Å²) in [6.45, 7) is 0.0149. The number of hydrogen-bond acceptors (Lipinski definition) is 6. The average molecular weight is 312 g/mol. The molecule has 0 saturated heterocycles. The predicted molar refractivity (Wildman–Crippen MR) is 76.3 cm³/mol. The summed E-state index contributed by atoms with van der Waals surface area (Å²) in [6, 6.07) is 4.26. The fraction of sp³-hybridized carbons (Fsp3) is 0.0909. The molecule has 0 aliphatic heterocycles. The molecule has 0 amide bonds. The summed E-state index contributed by atoms with van der Waals surface area (Å²) in [4.78, 5) is 35.1. The van der Waals surface area contributed by atoms with Crippen LogP contribution in [0, 0.1) is 10.1 Å². The first-order valence-electron chi connectivity index (χ1n) is 5.65. The average Bonchev–Trinajstić information content (AvgIpc) is 2.44. The van der Waals surface area contributed by atoms with Crippen LogP contribution in [0.15, 0.2) is 34.0 Å². The van der Waals surface area contributed by atoms with Crippen molar-refractivity contribution in [1.82, 2.24) is 9.55 Å². The lowest BCUT2D eigenvalue weighted by Gasteiger charge is -2.07. The number of halogens is 1. The van der Waals surface area contributed by atoms with Crippen molar-refractivity contribution in [3.05, 3.63) is 65.9 Å². The summed E-state index contributed by atoms with van der Waals surface area (Å²) in [5, 5.41) is 10.8. The van der Waals surface area contributed by atoms with Gasteiger partial charge in [0.25, 0.3) is 11.2 Å². The van der Waals surface area contributed by atoms with Gasteiger partial charge in [0.2, 0.25) is 0 Å². The molecule has 9 nitrogen and oxygen atoms in total. The Morgan fingerprint density at radius 3 is 2.76 bits per heavy atom. The van der Waals surface area contributed by atoms with Gasteiger partial charge in [0.05, 0.1) is 11.5 Å². The Morgan fingerprint density at radius 1 is 1.43 bits per heavy atom. The molecule has 2 rings (SSSR count). The van der Waals surface area contributed by atoms with Gasteiger partial charge in [-0.3, -0.25) is 30.3 Å². The van der Waals surface area contributed by atoms with Crippen molar-refractivity contribution < 1.29 is 4.92 Å². The van der Waals surface area contributed by atoms with Crippen LogP contribution in [0.25, 0.3) is 0 Å². The second-order valence-electron chi connectivity index (χ2n) is 4.12. The van der Waals surface area contributed by atoms with Crippen LogP contribution in [0.4, 0.5) is 11.4 Å². The van der Waals surface area contributed by atoms with Gasteiger partial charge in [-0.2, -0.15) is 0 Å². The molecular weight excluding hydrogens is 302 g/mol. The maximum Gasteiger partial charge on any atom is 0.328 e. The van der Waals surface area contributed by atoms with Crippen molar-refractivity contribution in [3.8, 4) is 0 Å². The number of rotatable bonds is 4. The zero-order chi connectivity index (χ0) is 15.6. The lowest BCUT2D eigenvalue weighted by molar-refractivity contribution is -0.384.